The van der Waals surface area contributed by atoms with Crippen LogP contribution in [-0.2, 0) is 10.5 Å². The molecular formula is C17H20N2O2S3. The second-order valence-electron chi connectivity index (χ2n) is 6.27. The second-order valence-corrected chi connectivity index (χ2v) is 10.5. The third kappa shape index (κ3) is 2.61. The van der Waals surface area contributed by atoms with Crippen LogP contribution in [0.3, 0.4) is 0 Å². The first-order valence-corrected chi connectivity index (χ1v) is 10.9. The molecule has 7 heteroatoms. The molecule has 3 heterocycles. The fraction of sp³-hybridized carbons (Fsp3) is 0.529. The molecule has 2 aliphatic rings. The standard InChI is InChI=1S/C17H20N2O2S3/c1-9-13-12(5-4-6-17(13)22-7-8-23-17)21-14(9)15(20)19-16-18-10(2)11(3)24-16/h4-8H2,1-3H3,(H,18,19,20). The first-order valence-electron chi connectivity index (χ1n) is 8.16. The van der Waals surface area contributed by atoms with Crippen LogP contribution < -0.4 is 5.32 Å². The van der Waals surface area contributed by atoms with Gasteiger partial charge in [-0.25, -0.2) is 4.98 Å². The molecule has 0 unspecified atom stereocenters. The zero-order valence-electron chi connectivity index (χ0n) is 14.0. The summed E-state index contributed by atoms with van der Waals surface area (Å²) in [6, 6.07) is 0. The van der Waals surface area contributed by atoms with E-state index in [0.717, 1.165) is 34.7 Å². The number of amides is 1. The van der Waals surface area contributed by atoms with Crippen LogP contribution in [0.25, 0.3) is 0 Å². The van der Waals surface area contributed by atoms with Gasteiger partial charge in [0.2, 0.25) is 0 Å². The molecule has 0 aromatic carbocycles. The molecule has 128 valence electrons. The molecule has 1 aliphatic carbocycles. The molecule has 0 radical (unpaired) electrons. The fourth-order valence-corrected chi connectivity index (χ4v) is 7.86. The number of nitrogens with zero attached hydrogens (tertiary/aromatic N) is 1. The predicted octanol–water partition coefficient (Wildman–Crippen LogP) is 4.88. The van der Waals surface area contributed by atoms with E-state index in [4.69, 9.17) is 4.42 Å². The number of thioether (sulfide) groups is 2. The molecule has 2 aromatic rings. The summed E-state index contributed by atoms with van der Waals surface area (Å²) in [5.74, 6) is 3.64. The lowest BCUT2D eigenvalue weighted by atomic mass is 9.94. The molecule has 4 rings (SSSR count). The zero-order valence-corrected chi connectivity index (χ0v) is 16.5. The Morgan fingerprint density at radius 2 is 2.00 bits per heavy atom. The number of anilines is 1. The van der Waals surface area contributed by atoms with Crippen molar-refractivity contribution in [2.45, 2.75) is 44.1 Å². The van der Waals surface area contributed by atoms with Crippen LogP contribution in [0.15, 0.2) is 4.42 Å². The number of furan rings is 1. The molecule has 1 spiro atoms. The monoisotopic (exact) mass is 380 g/mol. The van der Waals surface area contributed by atoms with Crippen molar-refractivity contribution in [1.82, 2.24) is 4.98 Å². The number of hydrogen-bond acceptors (Lipinski definition) is 6. The lowest BCUT2D eigenvalue weighted by Crippen LogP contribution is -2.21. The summed E-state index contributed by atoms with van der Waals surface area (Å²) in [5.41, 5.74) is 3.25. The summed E-state index contributed by atoms with van der Waals surface area (Å²) in [6.07, 6.45) is 3.23. The molecule has 2 aromatic heterocycles. The lowest BCUT2D eigenvalue weighted by Gasteiger charge is -2.31. The number of thiazole rings is 1. The molecule has 0 saturated carbocycles. The van der Waals surface area contributed by atoms with Crippen LogP contribution in [0.2, 0.25) is 0 Å². The molecule has 1 amide bonds. The number of aromatic nitrogens is 1. The highest BCUT2D eigenvalue weighted by Gasteiger charge is 2.45. The maximum Gasteiger partial charge on any atom is 0.293 e. The molecule has 1 saturated heterocycles. The SMILES string of the molecule is Cc1nc(NC(=O)c2oc3c(c2C)C2(CCC3)SCCS2)sc1C. The number of rotatable bonds is 2. The number of carbonyl (C=O) groups excluding carboxylic acids is 1. The van der Waals surface area contributed by atoms with Crippen molar-refractivity contribution in [1.29, 1.82) is 0 Å². The van der Waals surface area contributed by atoms with Gasteiger partial charge in [0.25, 0.3) is 5.91 Å². The summed E-state index contributed by atoms with van der Waals surface area (Å²) >= 11 is 5.54. The third-order valence-corrected chi connectivity index (χ3v) is 9.24. The van der Waals surface area contributed by atoms with Gasteiger partial charge < -0.3 is 4.42 Å². The summed E-state index contributed by atoms with van der Waals surface area (Å²) in [7, 11) is 0. The van der Waals surface area contributed by atoms with Crippen LogP contribution in [0.1, 0.15) is 50.9 Å². The van der Waals surface area contributed by atoms with Crippen molar-refractivity contribution in [2.24, 2.45) is 0 Å². The summed E-state index contributed by atoms with van der Waals surface area (Å²) < 4.78 is 6.14. The van der Waals surface area contributed by atoms with Gasteiger partial charge in [-0.15, -0.1) is 34.9 Å². The van der Waals surface area contributed by atoms with E-state index in [9.17, 15) is 4.79 Å². The summed E-state index contributed by atoms with van der Waals surface area (Å²) in [6.45, 7) is 6.00. The Bertz CT molecular complexity index is 784. The Balaban J connectivity index is 1.67. The average Bonchev–Trinajstić information content (AvgIpc) is 3.21. The fourth-order valence-electron chi connectivity index (χ4n) is 3.49. The van der Waals surface area contributed by atoms with Gasteiger partial charge in [-0.05, 0) is 33.6 Å². The van der Waals surface area contributed by atoms with Gasteiger partial charge in [0, 0.05) is 33.9 Å². The van der Waals surface area contributed by atoms with E-state index in [1.165, 1.54) is 34.8 Å². The maximum absolute atomic E-state index is 12.7. The molecule has 0 bridgehead atoms. The van der Waals surface area contributed by atoms with E-state index < -0.39 is 0 Å². The maximum atomic E-state index is 12.7. The van der Waals surface area contributed by atoms with Crippen LogP contribution in [0.5, 0.6) is 0 Å². The molecule has 1 aliphatic heterocycles. The van der Waals surface area contributed by atoms with Gasteiger partial charge in [-0.1, -0.05) is 0 Å². The lowest BCUT2D eigenvalue weighted by molar-refractivity contribution is 0.0994. The molecule has 1 N–H and O–H groups in total. The van der Waals surface area contributed by atoms with Crippen LogP contribution in [0.4, 0.5) is 5.13 Å². The van der Waals surface area contributed by atoms with E-state index in [2.05, 4.69) is 10.3 Å². The van der Waals surface area contributed by atoms with Crippen molar-refractivity contribution < 1.29 is 9.21 Å². The van der Waals surface area contributed by atoms with Crippen LogP contribution >= 0.6 is 34.9 Å². The Kier molecular flexibility index (Phi) is 4.21. The number of carbonyl (C=O) groups is 1. The highest BCUT2D eigenvalue weighted by atomic mass is 32.2. The largest absolute Gasteiger partial charge is 0.455 e. The quantitative estimate of drug-likeness (QED) is 0.804. The van der Waals surface area contributed by atoms with E-state index >= 15 is 0 Å². The number of hydrogen-bond donors (Lipinski definition) is 1. The Morgan fingerprint density at radius 1 is 1.25 bits per heavy atom. The van der Waals surface area contributed by atoms with Crippen molar-refractivity contribution >= 4 is 45.9 Å². The van der Waals surface area contributed by atoms with Crippen molar-refractivity contribution in [3.8, 4) is 0 Å². The highest BCUT2D eigenvalue weighted by Crippen LogP contribution is 2.59. The van der Waals surface area contributed by atoms with Gasteiger partial charge in [0.15, 0.2) is 10.9 Å². The summed E-state index contributed by atoms with van der Waals surface area (Å²) in [5, 5.41) is 3.55. The second kappa shape index (κ2) is 6.11. The van der Waals surface area contributed by atoms with Gasteiger partial charge in [-0.2, -0.15) is 0 Å². The Morgan fingerprint density at radius 3 is 2.67 bits per heavy atom. The van der Waals surface area contributed by atoms with Crippen molar-refractivity contribution in [3.05, 3.63) is 33.2 Å². The van der Waals surface area contributed by atoms with E-state index in [1.807, 2.05) is 44.3 Å². The van der Waals surface area contributed by atoms with Gasteiger partial charge in [0.05, 0.1) is 9.77 Å². The molecule has 4 nitrogen and oxygen atoms in total. The van der Waals surface area contributed by atoms with E-state index in [0.29, 0.717) is 10.9 Å². The van der Waals surface area contributed by atoms with Gasteiger partial charge in [0.1, 0.15) is 5.76 Å². The molecule has 24 heavy (non-hydrogen) atoms. The highest BCUT2D eigenvalue weighted by molar-refractivity contribution is 8.20. The van der Waals surface area contributed by atoms with Crippen molar-refractivity contribution in [2.75, 3.05) is 16.8 Å². The van der Waals surface area contributed by atoms with Gasteiger partial charge in [-0.3, -0.25) is 10.1 Å². The molecule has 0 atom stereocenters. The number of fused-ring (bicyclic) bond motifs is 2. The smallest absolute Gasteiger partial charge is 0.293 e. The normalized spacial score (nSPS) is 18.8. The minimum Gasteiger partial charge on any atom is -0.455 e. The minimum absolute atomic E-state index is 0.105. The van der Waals surface area contributed by atoms with Crippen LogP contribution in [0, 0.1) is 20.8 Å². The topological polar surface area (TPSA) is 55.1 Å². The summed E-state index contributed by atoms with van der Waals surface area (Å²) in [4.78, 5) is 18.2. The van der Waals surface area contributed by atoms with E-state index in [-0.39, 0.29) is 9.99 Å². The number of nitrogens with one attached hydrogen (secondary N) is 1. The van der Waals surface area contributed by atoms with Crippen LogP contribution in [-0.4, -0.2) is 22.4 Å². The zero-order chi connectivity index (χ0) is 16.9. The molecule has 1 fully saturated rings. The van der Waals surface area contributed by atoms with Crippen molar-refractivity contribution in [3.63, 3.8) is 0 Å². The minimum atomic E-state index is -0.182. The van der Waals surface area contributed by atoms with Gasteiger partial charge >= 0.3 is 0 Å². The first-order chi connectivity index (χ1) is 11.5. The number of aryl methyl sites for hydroxylation is 3. The third-order valence-electron chi connectivity index (χ3n) is 4.72. The Hall–Kier alpha value is -0.920. The predicted molar refractivity (Wildman–Crippen MR) is 103 cm³/mol. The van der Waals surface area contributed by atoms with E-state index in [1.54, 1.807) is 0 Å². The average molecular weight is 381 g/mol. The molecular weight excluding hydrogens is 360 g/mol. The Labute approximate surface area is 154 Å². The first kappa shape index (κ1) is 16.5.